The van der Waals surface area contributed by atoms with Crippen LogP contribution in [0.1, 0.15) is 38.1 Å². The van der Waals surface area contributed by atoms with Gasteiger partial charge in [0.05, 0.1) is 16.0 Å². The second-order valence-electron chi connectivity index (χ2n) is 5.66. The van der Waals surface area contributed by atoms with Gasteiger partial charge in [0, 0.05) is 11.8 Å². The summed E-state index contributed by atoms with van der Waals surface area (Å²) < 4.78 is 31.1. The Balaban J connectivity index is 1.92. The maximum Gasteiger partial charge on any atom is 0.167 e. The number of halogens is 1. The normalized spacial score (nSPS) is 20.1. The number of nitrogens with zero attached hydrogens (tertiary/aromatic N) is 2. The maximum absolute atomic E-state index is 13.4. The van der Waals surface area contributed by atoms with Crippen LogP contribution in [-0.2, 0) is 15.6 Å². The van der Waals surface area contributed by atoms with Gasteiger partial charge in [0.25, 0.3) is 0 Å². The number of fused-ring (bicyclic) bond motifs is 1. The molecule has 112 valence electrons. The first-order chi connectivity index (χ1) is 9.87. The van der Waals surface area contributed by atoms with E-state index in [0.717, 1.165) is 0 Å². The summed E-state index contributed by atoms with van der Waals surface area (Å²) >= 11 is 0. The zero-order chi connectivity index (χ0) is 15.2. The van der Waals surface area contributed by atoms with Gasteiger partial charge in [0.15, 0.2) is 5.58 Å². The van der Waals surface area contributed by atoms with E-state index in [2.05, 4.69) is 10.3 Å². The van der Waals surface area contributed by atoms with Crippen LogP contribution >= 0.6 is 0 Å². The first-order valence-electron chi connectivity index (χ1n) is 6.58. The lowest BCUT2D eigenvalue weighted by Gasteiger charge is -2.13. The van der Waals surface area contributed by atoms with Crippen molar-refractivity contribution in [3.63, 3.8) is 0 Å². The van der Waals surface area contributed by atoms with Gasteiger partial charge >= 0.3 is 0 Å². The van der Waals surface area contributed by atoms with Crippen LogP contribution in [0, 0.1) is 5.82 Å². The second-order valence-corrected chi connectivity index (χ2v) is 7.43. The Hall–Kier alpha value is -1.76. The van der Waals surface area contributed by atoms with E-state index < -0.39 is 21.7 Å². The Morgan fingerprint density at radius 2 is 2.19 bits per heavy atom. The van der Waals surface area contributed by atoms with E-state index in [1.54, 1.807) is 6.92 Å². The predicted molar refractivity (Wildman–Crippen MR) is 77.7 cm³/mol. The average molecular weight is 310 g/mol. The van der Waals surface area contributed by atoms with Crippen LogP contribution in [0.3, 0.4) is 0 Å². The summed E-state index contributed by atoms with van der Waals surface area (Å²) in [7, 11) is -1.40. The molecule has 0 aliphatic carbocycles. The van der Waals surface area contributed by atoms with Crippen LogP contribution < -0.4 is 0 Å². The Kier molecular flexibility index (Phi) is 3.32. The van der Waals surface area contributed by atoms with Gasteiger partial charge in [-0.25, -0.2) is 4.39 Å². The van der Waals surface area contributed by atoms with Gasteiger partial charge in [-0.15, -0.1) is 0 Å². The molecule has 0 spiro atoms. The second kappa shape index (κ2) is 4.91. The molecule has 2 atom stereocenters. The van der Waals surface area contributed by atoms with E-state index in [1.807, 2.05) is 13.8 Å². The van der Waals surface area contributed by atoms with Gasteiger partial charge in [-0.2, -0.15) is 0 Å². The molecule has 0 radical (unpaired) electrons. The third kappa shape index (κ3) is 2.57. The summed E-state index contributed by atoms with van der Waals surface area (Å²) in [6.07, 6.45) is 0.494. The van der Waals surface area contributed by atoms with E-state index in [-0.39, 0.29) is 5.82 Å². The third-order valence-electron chi connectivity index (χ3n) is 3.37. The van der Waals surface area contributed by atoms with Crippen LogP contribution in [0.15, 0.2) is 27.9 Å². The van der Waals surface area contributed by atoms with Crippen molar-refractivity contribution in [2.24, 2.45) is 5.16 Å². The van der Waals surface area contributed by atoms with Gasteiger partial charge in [0.2, 0.25) is 0 Å². The first kappa shape index (κ1) is 14.2. The molecule has 1 aliphatic heterocycles. The van der Waals surface area contributed by atoms with E-state index >= 15 is 0 Å². The van der Waals surface area contributed by atoms with Crippen molar-refractivity contribution >= 4 is 26.8 Å². The molecule has 0 saturated heterocycles. The van der Waals surface area contributed by atoms with Crippen molar-refractivity contribution in [2.75, 3.05) is 0 Å². The van der Waals surface area contributed by atoms with E-state index in [9.17, 15) is 8.60 Å². The highest BCUT2D eigenvalue weighted by Crippen LogP contribution is 2.32. The minimum Gasteiger partial charge on any atom is -0.389 e. The number of aromatic nitrogens is 1. The van der Waals surface area contributed by atoms with Crippen LogP contribution in [-0.4, -0.2) is 20.0 Å². The molecule has 1 aromatic carbocycles. The quantitative estimate of drug-likeness (QED) is 0.854. The summed E-state index contributed by atoms with van der Waals surface area (Å²) in [6.45, 7) is 5.52. The topological polar surface area (TPSA) is 64.7 Å². The van der Waals surface area contributed by atoms with Crippen molar-refractivity contribution in [3.05, 3.63) is 29.7 Å². The zero-order valence-corrected chi connectivity index (χ0v) is 12.7. The van der Waals surface area contributed by atoms with Crippen molar-refractivity contribution in [1.82, 2.24) is 5.16 Å². The highest BCUT2D eigenvalue weighted by Gasteiger charge is 2.35. The van der Waals surface area contributed by atoms with Crippen molar-refractivity contribution in [1.29, 1.82) is 0 Å². The summed E-state index contributed by atoms with van der Waals surface area (Å²) in [5, 5.41) is 8.40. The number of hydrogen-bond donors (Lipinski definition) is 0. The van der Waals surface area contributed by atoms with Crippen molar-refractivity contribution < 1.29 is 18.0 Å². The zero-order valence-electron chi connectivity index (χ0n) is 11.9. The molecule has 0 N–H and O–H groups in total. The van der Waals surface area contributed by atoms with E-state index in [0.29, 0.717) is 28.1 Å². The Morgan fingerprint density at radius 1 is 1.43 bits per heavy atom. The minimum absolute atomic E-state index is 0.382. The Bertz CT molecular complexity index is 754. The lowest BCUT2D eigenvalue weighted by Crippen LogP contribution is -2.21. The highest BCUT2D eigenvalue weighted by atomic mass is 32.2. The van der Waals surface area contributed by atoms with Crippen LogP contribution in [0.4, 0.5) is 4.39 Å². The molecule has 3 rings (SSSR count). The molecule has 0 amide bonds. The van der Waals surface area contributed by atoms with Crippen LogP contribution in [0.5, 0.6) is 0 Å². The van der Waals surface area contributed by atoms with Gasteiger partial charge < -0.3 is 9.36 Å². The number of hydrogen-bond acceptors (Lipinski definition) is 5. The predicted octanol–water partition coefficient (Wildman–Crippen LogP) is 3.29. The Morgan fingerprint density at radius 3 is 2.86 bits per heavy atom. The number of benzene rings is 1. The molecule has 2 unspecified atom stereocenters. The average Bonchev–Trinajstić information content (AvgIpc) is 3.00. The molecular weight excluding hydrogens is 295 g/mol. The molecule has 0 bridgehead atoms. The highest BCUT2D eigenvalue weighted by molar-refractivity contribution is 8.00. The van der Waals surface area contributed by atoms with Gasteiger partial charge in [0.1, 0.15) is 22.2 Å². The molecule has 0 fully saturated rings. The first-order valence-corrected chi connectivity index (χ1v) is 7.79. The fourth-order valence-corrected chi connectivity index (χ4v) is 3.62. The molecule has 2 heterocycles. The monoisotopic (exact) mass is 310 g/mol. The SMILES string of the molecule is CC(c1noc2ccc(F)cc12)S(=O)C1=NOC(C)(C)C1. The Labute approximate surface area is 123 Å². The lowest BCUT2D eigenvalue weighted by atomic mass is 10.1. The lowest BCUT2D eigenvalue weighted by molar-refractivity contribution is 0.0123. The standard InChI is InChI=1S/C14H15FN2O3S/c1-8(21(18)12-7-14(2,3)20-16-12)13-10-6-9(15)4-5-11(10)19-17-13/h4-6,8H,7H2,1-3H3. The molecule has 7 heteroatoms. The molecular formula is C14H15FN2O3S. The molecule has 5 nitrogen and oxygen atoms in total. The van der Waals surface area contributed by atoms with Gasteiger partial charge in [-0.3, -0.25) is 4.21 Å². The molecule has 2 aromatic rings. The summed E-state index contributed by atoms with van der Waals surface area (Å²) in [5.41, 5.74) is 0.498. The smallest absolute Gasteiger partial charge is 0.167 e. The fraction of sp³-hybridized carbons (Fsp3) is 0.429. The molecule has 1 aliphatic rings. The maximum atomic E-state index is 13.4. The minimum atomic E-state index is -1.40. The summed E-state index contributed by atoms with van der Waals surface area (Å²) in [6, 6.07) is 4.15. The number of oxime groups is 1. The largest absolute Gasteiger partial charge is 0.389 e. The summed E-state index contributed by atoms with van der Waals surface area (Å²) in [4.78, 5) is 5.24. The third-order valence-corrected chi connectivity index (χ3v) is 4.92. The van der Waals surface area contributed by atoms with Crippen molar-refractivity contribution in [2.45, 2.75) is 38.0 Å². The van der Waals surface area contributed by atoms with E-state index in [4.69, 9.17) is 9.36 Å². The van der Waals surface area contributed by atoms with Gasteiger partial charge in [-0.05, 0) is 39.0 Å². The number of rotatable bonds is 2. The molecule has 1 aromatic heterocycles. The molecule has 21 heavy (non-hydrogen) atoms. The van der Waals surface area contributed by atoms with Crippen molar-refractivity contribution in [3.8, 4) is 0 Å². The molecule has 0 saturated carbocycles. The fourth-order valence-electron chi connectivity index (χ4n) is 2.24. The van der Waals surface area contributed by atoms with Gasteiger partial charge in [-0.1, -0.05) is 10.3 Å². The van der Waals surface area contributed by atoms with E-state index in [1.165, 1.54) is 18.2 Å². The van der Waals surface area contributed by atoms with Crippen LogP contribution in [0.2, 0.25) is 0 Å². The summed E-state index contributed by atoms with van der Waals surface area (Å²) in [5.74, 6) is -0.382. The van der Waals surface area contributed by atoms with Crippen LogP contribution in [0.25, 0.3) is 11.0 Å².